The van der Waals surface area contributed by atoms with Gasteiger partial charge in [0.2, 0.25) is 0 Å². The second-order valence-electron chi connectivity index (χ2n) is 6.91. The van der Waals surface area contributed by atoms with Crippen molar-refractivity contribution in [3.63, 3.8) is 0 Å². The van der Waals surface area contributed by atoms with Crippen LogP contribution in [0.1, 0.15) is 65.1 Å². The van der Waals surface area contributed by atoms with Gasteiger partial charge in [-0.25, -0.2) is 4.79 Å². The number of likely N-dealkylation sites (tertiary alicyclic amines) is 1. The average molecular weight is 340 g/mol. The lowest BCUT2D eigenvalue weighted by Crippen LogP contribution is -2.40. The summed E-state index contributed by atoms with van der Waals surface area (Å²) in [5.41, 5.74) is 2.13. The number of carbonyl (C=O) groups excluding carboxylic acids is 1. The summed E-state index contributed by atoms with van der Waals surface area (Å²) in [5, 5.41) is 9.02. The zero-order valence-electron chi connectivity index (χ0n) is 14.7. The maximum Gasteiger partial charge on any atom is 0.335 e. The normalized spacial score (nSPS) is 17.7. The molecule has 2 aromatic rings. The van der Waals surface area contributed by atoms with Crippen molar-refractivity contribution in [2.75, 3.05) is 13.1 Å². The molecule has 5 nitrogen and oxygen atoms in total. The molecule has 3 rings (SSSR count). The number of aromatic nitrogens is 1. The fourth-order valence-corrected chi connectivity index (χ4v) is 3.52. The third-order valence-corrected chi connectivity index (χ3v) is 4.89. The molecule has 1 aliphatic rings. The topological polar surface area (TPSA) is 62.5 Å². The van der Waals surface area contributed by atoms with Gasteiger partial charge in [0.15, 0.2) is 0 Å². The van der Waals surface area contributed by atoms with E-state index in [0.717, 1.165) is 30.6 Å². The predicted octanol–water partition coefficient (Wildman–Crippen LogP) is 3.79. The standard InChI is InChI=1S/C20H24N2O3/c1-14(2)22-12-4-6-18(22)19(23)21-11-3-5-17(13-21)15-7-9-16(10-8-15)20(24)25/h4,6-10,12,14,17H,3,5,11,13H2,1-2H3,(H,24,25)/t17-/m0/s1. The van der Waals surface area contributed by atoms with Crippen LogP contribution >= 0.6 is 0 Å². The molecule has 1 fully saturated rings. The van der Waals surface area contributed by atoms with Gasteiger partial charge in [-0.2, -0.15) is 0 Å². The highest BCUT2D eigenvalue weighted by atomic mass is 16.4. The van der Waals surface area contributed by atoms with Gasteiger partial charge in [0.05, 0.1) is 5.56 Å². The number of rotatable bonds is 4. The van der Waals surface area contributed by atoms with Crippen LogP contribution in [0.15, 0.2) is 42.6 Å². The highest BCUT2D eigenvalue weighted by Gasteiger charge is 2.27. The van der Waals surface area contributed by atoms with Gasteiger partial charge in [0.1, 0.15) is 5.69 Å². The molecule has 1 N–H and O–H groups in total. The Bertz CT molecular complexity index is 762. The fourth-order valence-electron chi connectivity index (χ4n) is 3.52. The van der Waals surface area contributed by atoms with Gasteiger partial charge in [-0.15, -0.1) is 0 Å². The van der Waals surface area contributed by atoms with Gasteiger partial charge in [0.25, 0.3) is 5.91 Å². The molecular formula is C20H24N2O3. The largest absolute Gasteiger partial charge is 0.478 e. The predicted molar refractivity (Wildman–Crippen MR) is 96.1 cm³/mol. The van der Waals surface area contributed by atoms with E-state index < -0.39 is 5.97 Å². The van der Waals surface area contributed by atoms with Crippen LogP contribution < -0.4 is 0 Å². The molecule has 1 aromatic heterocycles. The fraction of sp³-hybridized carbons (Fsp3) is 0.400. The van der Waals surface area contributed by atoms with Gasteiger partial charge in [-0.3, -0.25) is 4.79 Å². The van der Waals surface area contributed by atoms with Crippen LogP contribution in [0, 0.1) is 0 Å². The number of benzene rings is 1. The molecule has 1 aromatic carbocycles. The molecule has 0 spiro atoms. The molecule has 0 unspecified atom stereocenters. The Balaban J connectivity index is 1.75. The lowest BCUT2D eigenvalue weighted by atomic mass is 9.90. The second-order valence-corrected chi connectivity index (χ2v) is 6.91. The molecule has 0 bridgehead atoms. The second kappa shape index (κ2) is 7.13. The molecule has 0 aliphatic carbocycles. The van der Waals surface area contributed by atoms with Crippen molar-refractivity contribution in [3.05, 3.63) is 59.4 Å². The highest BCUT2D eigenvalue weighted by molar-refractivity contribution is 5.93. The van der Waals surface area contributed by atoms with E-state index in [1.54, 1.807) is 12.1 Å². The summed E-state index contributed by atoms with van der Waals surface area (Å²) >= 11 is 0. The Morgan fingerprint density at radius 2 is 1.88 bits per heavy atom. The van der Waals surface area contributed by atoms with Crippen molar-refractivity contribution >= 4 is 11.9 Å². The van der Waals surface area contributed by atoms with Crippen LogP contribution in [-0.4, -0.2) is 39.5 Å². The molecule has 1 saturated heterocycles. The Hall–Kier alpha value is -2.56. The number of carbonyl (C=O) groups is 2. The van der Waals surface area contributed by atoms with Crippen LogP contribution in [0.5, 0.6) is 0 Å². The number of carboxylic acids is 1. The molecule has 5 heteroatoms. The first-order chi connectivity index (χ1) is 12.0. The highest BCUT2D eigenvalue weighted by Crippen LogP contribution is 2.28. The summed E-state index contributed by atoms with van der Waals surface area (Å²) in [4.78, 5) is 25.9. The Labute approximate surface area is 147 Å². The van der Waals surface area contributed by atoms with Crippen LogP contribution in [0.3, 0.4) is 0 Å². The van der Waals surface area contributed by atoms with Crippen molar-refractivity contribution in [2.24, 2.45) is 0 Å². The Kier molecular flexibility index (Phi) is 4.93. The van der Waals surface area contributed by atoms with Crippen LogP contribution in [0.4, 0.5) is 0 Å². The molecule has 132 valence electrons. The van der Waals surface area contributed by atoms with Gasteiger partial charge < -0.3 is 14.6 Å². The van der Waals surface area contributed by atoms with E-state index in [1.165, 1.54) is 0 Å². The first-order valence-electron chi connectivity index (χ1n) is 8.76. The average Bonchev–Trinajstić information content (AvgIpc) is 3.11. The SMILES string of the molecule is CC(C)n1cccc1C(=O)N1CCC[C@H](c2ccc(C(=O)O)cc2)C1. The third-order valence-electron chi connectivity index (χ3n) is 4.89. The lowest BCUT2D eigenvalue weighted by Gasteiger charge is -2.33. The third kappa shape index (κ3) is 3.60. The summed E-state index contributed by atoms with van der Waals surface area (Å²) in [6.45, 7) is 5.58. The Morgan fingerprint density at radius 3 is 2.52 bits per heavy atom. The first kappa shape index (κ1) is 17.3. The molecule has 1 aliphatic heterocycles. The van der Waals surface area contributed by atoms with Gasteiger partial charge in [-0.1, -0.05) is 12.1 Å². The summed E-state index contributed by atoms with van der Waals surface area (Å²) in [6.07, 6.45) is 3.92. The molecule has 1 amide bonds. The van der Waals surface area contributed by atoms with Crippen LogP contribution in [0.2, 0.25) is 0 Å². The number of piperidine rings is 1. The molecular weight excluding hydrogens is 316 g/mol. The van der Waals surface area contributed by atoms with Crippen LogP contribution in [0.25, 0.3) is 0 Å². The van der Waals surface area contributed by atoms with Crippen molar-refractivity contribution in [2.45, 2.75) is 38.6 Å². The van der Waals surface area contributed by atoms with Crippen molar-refractivity contribution in [1.29, 1.82) is 0 Å². The minimum Gasteiger partial charge on any atom is -0.478 e. The molecule has 1 atom stereocenters. The zero-order valence-corrected chi connectivity index (χ0v) is 14.7. The number of amides is 1. The summed E-state index contributed by atoms with van der Waals surface area (Å²) < 4.78 is 2.01. The number of hydrogen-bond donors (Lipinski definition) is 1. The van der Waals surface area contributed by atoms with Crippen molar-refractivity contribution in [1.82, 2.24) is 9.47 Å². The number of nitrogens with zero attached hydrogens (tertiary/aromatic N) is 2. The van der Waals surface area contributed by atoms with E-state index in [2.05, 4.69) is 13.8 Å². The smallest absolute Gasteiger partial charge is 0.335 e. The number of hydrogen-bond acceptors (Lipinski definition) is 2. The molecule has 0 radical (unpaired) electrons. The number of aromatic carboxylic acids is 1. The van der Waals surface area contributed by atoms with E-state index in [4.69, 9.17) is 5.11 Å². The lowest BCUT2D eigenvalue weighted by molar-refractivity contribution is 0.0689. The first-order valence-corrected chi connectivity index (χ1v) is 8.76. The van der Waals surface area contributed by atoms with E-state index >= 15 is 0 Å². The summed E-state index contributed by atoms with van der Waals surface area (Å²) in [7, 11) is 0. The minimum atomic E-state index is -0.915. The monoisotopic (exact) mass is 340 g/mol. The quantitative estimate of drug-likeness (QED) is 0.921. The van der Waals surface area contributed by atoms with Crippen molar-refractivity contribution < 1.29 is 14.7 Å². The van der Waals surface area contributed by atoms with Gasteiger partial charge >= 0.3 is 5.97 Å². The molecule has 25 heavy (non-hydrogen) atoms. The number of carboxylic acid groups (broad SMARTS) is 1. The molecule has 0 saturated carbocycles. The van der Waals surface area contributed by atoms with Crippen molar-refractivity contribution in [3.8, 4) is 0 Å². The van der Waals surface area contributed by atoms with Gasteiger partial charge in [-0.05, 0) is 56.5 Å². The Morgan fingerprint density at radius 1 is 1.16 bits per heavy atom. The summed E-state index contributed by atoms with van der Waals surface area (Å²) in [6, 6.07) is 11.1. The summed E-state index contributed by atoms with van der Waals surface area (Å²) in [5.74, 6) is -0.588. The maximum atomic E-state index is 12.9. The van der Waals surface area contributed by atoms with Crippen LogP contribution in [-0.2, 0) is 0 Å². The van der Waals surface area contributed by atoms with Gasteiger partial charge in [0, 0.05) is 31.2 Å². The zero-order chi connectivity index (χ0) is 18.0. The maximum absolute atomic E-state index is 12.9. The molecule has 2 heterocycles. The van der Waals surface area contributed by atoms with E-state index in [9.17, 15) is 9.59 Å². The minimum absolute atomic E-state index is 0.0746. The van der Waals surface area contributed by atoms with E-state index in [1.807, 2.05) is 39.9 Å². The van der Waals surface area contributed by atoms with E-state index in [-0.39, 0.29) is 17.9 Å². The van der Waals surface area contributed by atoms with E-state index in [0.29, 0.717) is 12.1 Å².